The molecule has 3 nitrogen and oxygen atoms in total. The summed E-state index contributed by atoms with van der Waals surface area (Å²) in [7, 11) is -1.76. The van der Waals surface area contributed by atoms with E-state index in [-0.39, 0.29) is 6.61 Å². The van der Waals surface area contributed by atoms with Crippen LogP contribution in [0.5, 0.6) is 0 Å². The van der Waals surface area contributed by atoms with Crippen molar-refractivity contribution in [2.45, 2.75) is 18.4 Å². The highest BCUT2D eigenvalue weighted by Crippen LogP contribution is 2.25. The van der Waals surface area contributed by atoms with E-state index in [0.717, 1.165) is 12.8 Å². The summed E-state index contributed by atoms with van der Waals surface area (Å²) in [6.07, 6.45) is 1.86. The predicted octanol–water partition coefficient (Wildman–Crippen LogP) is 1.08. The Morgan fingerprint density at radius 1 is 1.00 bits per heavy atom. The topological polar surface area (TPSA) is 38.7 Å². The fraction of sp³-hybridized carbons (Fsp3) is 0.333. The van der Waals surface area contributed by atoms with Crippen LogP contribution in [-0.4, -0.2) is 39.6 Å². The van der Waals surface area contributed by atoms with Crippen LogP contribution in [0, 0.1) is 0 Å². The van der Waals surface area contributed by atoms with Gasteiger partial charge < -0.3 is 14.3 Å². The molecule has 1 aliphatic rings. The number of aliphatic hydroxyl groups is 1. The standard InChI is InChI=1S/C18H22O3Si/c19-14-18(12-7-13-20-18)15-21-22(16-8-3-1-4-9-16)17-10-5-2-6-11-17/h1-6,8-11,19,22H,7,12-15H2/t18-/m0/s1. The molecule has 0 unspecified atom stereocenters. The third-order valence-corrected chi connectivity index (χ3v) is 6.67. The Kier molecular flexibility index (Phi) is 5.05. The summed E-state index contributed by atoms with van der Waals surface area (Å²) < 4.78 is 12.1. The van der Waals surface area contributed by atoms with Gasteiger partial charge in [0.05, 0.1) is 13.2 Å². The van der Waals surface area contributed by atoms with Crippen molar-refractivity contribution in [3.8, 4) is 0 Å². The van der Waals surface area contributed by atoms with Crippen molar-refractivity contribution in [3.63, 3.8) is 0 Å². The van der Waals surface area contributed by atoms with Crippen LogP contribution >= 0.6 is 0 Å². The van der Waals surface area contributed by atoms with Gasteiger partial charge in [-0.1, -0.05) is 60.7 Å². The lowest BCUT2D eigenvalue weighted by molar-refractivity contribution is -0.0656. The van der Waals surface area contributed by atoms with Gasteiger partial charge in [-0.2, -0.15) is 0 Å². The molecule has 1 heterocycles. The maximum atomic E-state index is 9.68. The van der Waals surface area contributed by atoms with E-state index in [9.17, 15) is 5.11 Å². The molecule has 0 aromatic heterocycles. The van der Waals surface area contributed by atoms with E-state index in [1.54, 1.807) is 0 Å². The molecule has 1 fully saturated rings. The average Bonchev–Trinajstić information content (AvgIpc) is 3.06. The zero-order valence-corrected chi connectivity index (χ0v) is 13.8. The summed E-state index contributed by atoms with van der Waals surface area (Å²) in [6.45, 7) is 1.20. The predicted molar refractivity (Wildman–Crippen MR) is 90.3 cm³/mol. The van der Waals surface area contributed by atoms with Gasteiger partial charge >= 0.3 is 0 Å². The van der Waals surface area contributed by atoms with Crippen LogP contribution in [0.1, 0.15) is 12.8 Å². The Morgan fingerprint density at radius 3 is 2.05 bits per heavy atom. The van der Waals surface area contributed by atoms with Crippen LogP contribution in [0.3, 0.4) is 0 Å². The van der Waals surface area contributed by atoms with Gasteiger partial charge in [0.2, 0.25) is 9.04 Å². The smallest absolute Gasteiger partial charge is 0.240 e. The zero-order chi connectivity index (χ0) is 15.3. The minimum atomic E-state index is -1.76. The lowest BCUT2D eigenvalue weighted by Crippen LogP contribution is -2.49. The molecule has 3 rings (SSSR count). The van der Waals surface area contributed by atoms with Crippen LogP contribution < -0.4 is 10.4 Å². The van der Waals surface area contributed by atoms with Crippen LogP contribution in [-0.2, 0) is 9.16 Å². The quantitative estimate of drug-likeness (QED) is 0.811. The molecule has 116 valence electrons. The maximum Gasteiger partial charge on any atom is 0.240 e. The average molecular weight is 314 g/mol. The van der Waals surface area contributed by atoms with E-state index >= 15 is 0 Å². The van der Waals surface area contributed by atoms with Gasteiger partial charge in [-0.15, -0.1) is 0 Å². The number of rotatable bonds is 6. The molecule has 1 saturated heterocycles. The molecule has 22 heavy (non-hydrogen) atoms. The van der Waals surface area contributed by atoms with Crippen molar-refractivity contribution in [2.75, 3.05) is 19.8 Å². The van der Waals surface area contributed by atoms with Crippen molar-refractivity contribution < 1.29 is 14.3 Å². The molecule has 0 saturated carbocycles. The monoisotopic (exact) mass is 314 g/mol. The van der Waals surface area contributed by atoms with Crippen LogP contribution in [0.15, 0.2) is 60.7 Å². The third kappa shape index (κ3) is 3.47. The maximum absolute atomic E-state index is 9.68. The van der Waals surface area contributed by atoms with E-state index in [4.69, 9.17) is 9.16 Å². The Labute approximate surface area is 133 Å². The highest BCUT2D eigenvalue weighted by molar-refractivity contribution is 6.80. The van der Waals surface area contributed by atoms with Crippen molar-refractivity contribution in [1.29, 1.82) is 0 Å². The zero-order valence-electron chi connectivity index (χ0n) is 12.7. The van der Waals surface area contributed by atoms with E-state index in [0.29, 0.717) is 13.2 Å². The van der Waals surface area contributed by atoms with Gasteiger partial charge in [0.1, 0.15) is 5.60 Å². The molecule has 2 aromatic carbocycles. The van der Waals surface area contributed by atoms with E-state index in [1.807, 2.05) is 12.1 Å². The molecule has 0 radical (unpaired) electrons. The molecule has 1 atom stereocenters. The molecule has 0 amide bonds. The summed E-state index contributed by atoms with van der Waals surface area (Å²) in [6, 6.07) is 20.8. The lowest BCUT2D eigenvalue weighted by Gasteiger charge is -2.28. The summed E-state index contributed by atoms with van der Waals surface area (Å²) in [5, 5.41) is 12.2. The number of aliphatic hydroxyl groups excluding tert-OH is 1. The first kappa shape index (κ1) is 15.4. The molecule has 1 aliphatic heterocycles. The summed E-state index contributed by atoms with van der Waals surface area (Å²) in [5.41, 5.74) is -0.505. The van der Waals surface area contributed by atoms with Gasteiger partial charge in [0.15, 0.2) is 0 Å². The highest BCUT2D eigenvalue weighted by atomic mass is 28.3. The molecule has 2 aromatic rings. The normalized spacial score (nSPS) is 21.4. The van der Waals surface area contributed by atoms with Gasteiger partial charge in [-0.3, -0.25) is 0 Å². The van der Waals surface area contributed by atoms with Crippen molar-refractivity contribution in [3.05, 3.63) is 60.7 Å². The van der Waals surface area contributed by atoms with Crippen LogP contribution in [0.25, 0.3) is 0 Å². The number of hydrogen-bond donors (Lipinski definition) is 1. The Bertz CT molecular complexity index is 528. The Balaban J connectivity index is 1.80. The minimum Gasteiger partial charge on any atom is -0.408 e. The van der Waals surface area contributed by atoms with Crippen molar-refractivity contribution >= 4 is 19.4 Å². The van der Waals surface area contributed by atoms with Gasteiger partial charge in [0, 0.05) is 6.61 Å². The van der Waals surface area contributed by atoms with Crippen LogP contribution in [0.2, 0.25) is 0 Å². The first-order valence-electron chi connectivity index (χ1n) is 7.79. The lowest BCUT2D eigenvalue weighted by atomic mass is 10.0. The number of ether oxygens (including phenoxy) is 1. The molecular formula is C18H22O3Si. The second-order valence-corrected chi connectivity index (χ2v) is 8.23. The molecule has 0 aliphatic carbocycles. The SMILES string of the molecule is OC[C@]1(CO[SiH](c2ccccc2)c2ccccc2)CCCO1. The molecule has 1 N–H and O–H groups in total. The molecule has 4 heteroatoms. The van der Waals surface area contributed by atoms with Gasteiger partial charge in [-0.05, 0) is 23.2 Å². The van der Waals surface area contributed by atoms with Crippen LogP contribution in [0.4, 0.5) is 0 Å². The second kappa shape index (κ2) is 7.20. The molecular weight excluding hydrogens is 292 g/mol. The van der Waals surface area contributed by atoms with E-state index in [2.05, 4.69) is 48.5 Å². The number of hydrogen-bond acceptors (Lipinski definition) is 3. The Hall–Kier alpha value is -1.46. The highest BCUT2D eigenvalue weighted by Gasteiger charge is 2.36. The van der Waals surface area contributed by atoms with Gasteiger partial charge in [0.25, 0.3) is 0 Å². The largest absolute Gasteiger partial charge is 0.408 e. The fourth-order valence-electron chi connectivity index (χ4n) is 2.92. The Morgan fingerprint density at radius 2 is 1.59 bits per heavy atom. The minimum absolute atomic E-state index is 0.0255. The second-order valence-electron chi connectivity index (χ2n) is 5.81. The first-order chi connectivity index (χ1) is 10.8. The summed E-state index contributed by atoms with van der Waals surface area (Å²) in [4.78, 5) is 0. The summed E-state index contributed by atoms with van der Waals surface area (Å²) in [5.74, 6) is 0. The summed E-state index contributed by atoms with van der Waals surface area (Å²) >= 11 is 0. The third-order valence-electron chi connectivity index (χ3n) is 4.19. The van der Waals surface area contributed by atoms with Gasteiger partial charge in [-0.25, -0.2) is 0 Å². The fourth-order valence-corrected chi connectivity index (χ4v) is 5.30. The molecule has 0 spiro atoms. The van der Waals surface area contributed by atoms with E-state index in [1.165, 1.54) is 10.4 Å². The van der Waals surface area contributed by atoms with Crippen molar-refractivity contribution in [1.82, 2.24) is 0 Å². The number of benzene rings is 2. The molecule has 0 bridgehead atoms. The van der Waals surface area contributed by atoms with Crippen molar-refractivity contribution in [2.24, 2.45) is 0 Å². The first-order valence-corrected chi connectivity index (χ1v) is 9.42. The van der Waals surface area contributed by atoms with E-state index < -0.39 is 14.6 Å².